The van der Waals surface area contributed by atoms with Gasteiger partial charge in [-0.15, -0.1) is 0 Å². The van der Waals surface area contributed by atoms with Gasteiger partial charge < -0.3 is 14.2 Å². The first-order valence-electron chi connectivity index (χ1n) is 10.0. The SMILES string of the molecule is COc1cc(CN2C[C@H]3CCC[C@@H](C2)C3N2CCOCC2)cc(OC)c1. The third-order valence-corrected chi connectivity index (χ3v) is 6.39. The highest BCUT2D eigenvalue weighted by molar-refractivity contribution is 5.38. The third-order valence-electron chi connectivity index (χ3n) is 6.39. The fraction of sp³-hybridized carbons (Fsp3) is 0.714. The van der Waals surface area contributed by atoms with Crippen LogP contribution >= 0.6 is 0 Å². The molecule has 2 bridgehead atoms. The second kappa shape index (κ2) is 8.15. The molecule has 2 heterocycles. The molecule has 144 valence electrons. The molecule has 2 saturated heterocycles. The molecule has 1 aliphatic carbocycles. The first kappa shape index (κ1) is 18.1. The predicted molar refractivity (Wildman–Crippen MR) is 102 cm³/mol. The lowest BCUT2D eigenvalue weighted by molar-refractivity contribution is -0.0623. The van der Waals surface area contributed by atoms with Crippen molar-refractivity contribution in [3.05, 3.63) is 23.8 Å². The summed E-state index contributed by atoms with van der Waals surface area (Å²) in [6.45, 7) is 7.44. The smallest absolute Gasteiger partial charge is 0.122 e. The van der Waals surface area contributed by atoms with E-state index in [0.717, 1.165) is 62.2 Å². The first-order valence-corrected chi connectivity index (χ1v) is 10.0. The molecule has 2 aliphatic heterocycles. The van der Waals surface area contributed by atoms with Crippen molar-refractivity contribution in [2.75, 3.05) is 53.6 Å². The summed E-state index contributed by atoms with van der Waals surface area (Å²) in [5, 5.41) is 0. The van der Waals surface area contributed by atoms with Crippen LogP contribution in [0.4, 0.5) is 0 Å². The number of morpholine rings is 1. The Morgan fingerprint density at radius 2 is 1.58 bits per heavy atom. The van der Waals surface area contributed by atoms with Crippen molar-refractivity contribution in [1.29, 1.82) is 0 Å². The van der Waals surface area contributed by atoms with Gasteiger partial charge >= 0.3 is 0 Å². The van der Waals surface area contributed by atoms with Gasteiger partial charge in [-0.3, -0.25) is 9.80 Å². The minimum absolute atomic E-state index is 0.767. The molecule has 1 aromatic carbocycles. The van der Waals surface area contributed by atoms with Crippen LogP contribution in [-0.2, 0) is 11.3 Å². The summed E-state index contributed by atoms with van der Waals surface area (Å²) >= 11 is 0. The molecule has 0 spiro atoms. The van der Waals surface area contributed by atoms with Gasteiger partial charge in [0.15, 0.2) is 0 Å². The molecule has 1 unspecified atom stereocenters. The number of methoxy groups -OCH3 is 2. The largest absolute Gasteiger partial charge is 0.497 e. The van der Waals surface area contributed by atoms with Gasteiger partial charge in [-0.05, 0) is 42.4 Å². The molecule has 26 heavy (non-hydrogen) atoms. The van der Waals surface area contributed by atoms with E-state index in [1.165, 1.54) is 37.9 Å². The minimum atomic E-state index is 0.767. The number of piperidine rings is 1. The Morgan fingerprint density at radius 3 is 2.15 bits per heavy atom. The van der Waals surface area contributed by atoms with Gasteiger partial charge in [0, 0.05) is 44.8 Å². The molecule has 0 amide bonds. The van der Waals surface area contributed by atoms with E-state index in [4.69, 9.17) is 14.2 Å². The highest BCUT2D eigenvalue weighted by Crippen LogP contribution is 2.39. The van der Waals surface area contributed by atoms with Crippen LogP contribution in [-0.4, -0.2) is 69.5 Å². The van der Waals surface area contributed by atoms with Crippen molar-refractivity contribution in [2.45, 2.75) is 31.8 Å². The second-order valence-electron chi connectivity index (χ2n) is 8.00. The Morgan fingerprint density at radius 1 is 0.962 bits per heavy atom. The average Bonchev–Trinajstić information content (AvgIpc) is 2.67. The lowest BCUT2D eigenvalue weighted by atomic mass is 9.72. The number of hydrogen-bond acceptors (Lipinski definition) is 5. The molecule has 3 aliphatic rings. The molecule has 4 rings (SSSR count). The number of rotatable bonds is 5. The van der Waals surface area contributed by atoms with Gasteiger partial charge in [-0.2, -0.15) is 0 Å². The monoisotopic (exact) mass is 360 g/mol. The maximum absolute atomic E-state index is 5.58. The summed E-state index contributed by atoms with van der Waals surface area (Å²) in [5.41, 5.74) is 1.28. The van der Waals surface area contributed by atoms with Crippen LogP contribution in [0.15, 0.2) is 18.2 Å². The Labute approximate surface area is 157 Å². The Kier molecular flexibility index (Phi) is 5.67. The van der Waals surface area contributed by atoms with E-state index in [2.05, 4.69) is 21.9 Å². The second-order valence-corrected chi connectivity index (χ2v) is 8.00. The van der Waals surface area contributed by atoms with Crippen molar-refractivity contribution in [3.63, 3.8) is 0 Å². The topological polar surface area (TPSA) is 34.2 Å². The summed E-state index contributed by atoms with van der Waals surface area (Å²) in [7, 11) is 3.44. The third kappa shape index (κ3) is 3.85. The van der Waals surface area contributed by atoms with Crippen molar-refractivity contribution in [3.8, 4) is 11.5 Å². The van der Waals surface area contributed by atoms with Crippen molar-refractivity contribution in [1.82, 2.24) is 9.80 Å². The van der Waals surface area contributed by atoms with E-state index in [9.17, 15) is 0 Å². The van der Waals surface area contributed by atoms with E-state index in [1.807, 2.05) is 6.07 Å². The standard InChI is InChI=1S/C21H32N2O3/c1-24-19-10-16(11-20(12-19)25-2)13-22-14-17-4-3-5-18(15-22)21(17)23-6-8-26-9-7-23/h10-12,17-18,21H,3-9,13-15H2,1-2H3/t17-,18+,21?. The maximum atomic E-state index is 5.58. The Bertz CT molecular complexity index is 567. The summed E-state index contributed by atoms with van der Waals surface area (Å²) in [6.07, 6.45) is 4.14. The summed E-state index contributed by atoms with van der Waals surface area (Å²) < 4.78 is 16.5. The Hall–Kier alpha value is -1.30. The van der Waals surface area contributed by atoms with Gasteiger partial charge in [0.1, 0.15) is 11.5 Å². The molecule has 1 saturated carbocycles. The van der Waals surface area contributed by atoms with Crippen molar-refractivity contribution >= 4 is 0 Å². The highest BCUT2D eigenvalue weighted by Gasteiger charge is 2.42. The fourth-order valence-electron chi connectivity index (χ4n) is 5.32. The van der Waals surface area contributed by atoms with Crippen LogP contribution in [0.25, 0.3) is 0 Å². The normalized spacial score (nSPS) is 30.2. The van der Waals surface area contributed by atoms with E-state index >= 15 is 0 Å². The van der Waals surface area contributed by atoms with Gasteiger partial charge in [0.2, 0.25) is 0 Å². The van der Waals surface area contributed by atoms with Crippen LogP contribution in [0.2, 0.25) is 0 Å². The quantitative estimate of drug-likeness (QED) is 0.806. The molecule has 5 heteroatoms. The molecule has 1 aromatic rings. The first-order chi connectivity index (χ1) is 12.8. The maximum Gasteiger partial charge on any atom is 0.122 e. The van der Waals surface area contributed by atoms with Gasteiger partial charge in [-0.25, -0.2) is 0 Å². The van der Waals surface area contributed by atoms with Crippen LogP contribution in [0.1, 0.15) is 24.8 Å². The summed E-state index contributed by atoms with van der Waals surface area (Å²) in [6, 6.07) is 7.01. The predicted octanol–water partition coefficient (Wildman–Crippen LogP) is 2.64. The lowest BCUT2D eigenvalue weighted by Crippen LogP contribution is -2.59. The number of benzene rings is 1. The van der Waals surface area contributed by atoms with Crippen LogP contribution in [0.3, 0.4) is 0 Å². The molecule has 0 N–H and O–H groups in total. The average molecular weight is 360 g/mol. The van der Waals surface area contributed by atoms with Crippen LogP contribution < -0.4 is 9.47 Å². The zero-order chi connectivity index (χ0) is 17.9. The lowest BCUT2D eigenvalue weighted by Gasteiger charge is -2.52. The van der Waals surface area contributed by atoms with E-state index in [1.54, 1.807) is 14.2 Å². The summed E-state index contributed by atoms with van der Waals surface area (Å²) in [4.78, 5) is 5.38. The zero-order valence-electron chi connectivity index (χ0n) is 16.2. The molecule has 0 radical (unpaired) electrons. The van der Waals surface area contributed by atoms with Gasteiger partial charge in [-0.1, -0.05) is 6.42 Å². The Balaban J connectivity index is 1.45. The van der Waals surface area contributed by atoms with E-state index in [0.29, 0.717) is 0 Å². The number of ether oxygens (including phenoxy) is 3. The minimum Gasteiger partial charge on any atom is -0.497 e. The molecular weight excluding hydrogens is 328 g/mol. The van der Waals surface area contributed by atoms with Gasteiger partial charge in [0.25, 0.3) is 0 Å². The summed E-state index contributed by atoms with van der Waals surface area (Å²) in [5.74, 6) is 3.35. The fourth-order valence-corrected chi connectivity index (χ4v) is 5.32. The van der Waals surface area contributed by atoms with Crippen molar-refractivity contribution in [2.24, 2.45) is 11.8 Å². The molecule has 5 nitrogen and oxygen atoms in total. The van der Waals surface area contributed by atoms with Crippen LogP contribution in [0.5, 0.6) is 11.5 Å². The number of hydrogen-bond donors (Lipinski definition) is 0. The number of nitrogens with zero attached hydrogens (tertiary/aromatic N) is 2. The number of fused-ring (bicyclic) bond motifs is 2. The molecule has 0 aromatic heterocycles. The van der Waals surface area contributed by atoms with E-state index < -0.39 is 0 Å². The zero-order valence-corrected chi connectivity index (χ0v) is 16.2. The molecular formula is C21H32N2O3. The molecule has 3 atom stereocenters. The molecule has 3 fully saturated rings. The highest BCUT2D eigenvalue weighted by atomic mass is 16.5. The van der Waals surface area contributed by atoms with Crippen LogP contribution in [0, 0.1) is 11.8 Å². The number of likely N-dealkylation sites (tertiary alicyclic amines) is 1. The van der Waals surface area contributed by atoms with Gasteiger partial charge in [0.05, 0.1) is 27.4 Å². The van der Waals surface area contributed by atoms with E-state index in [-0.39, 0.29) is 0 Å². The van der Waals surface area contributed by atoms with Crippen molar-refractivity contribution < 1.29 is 14.2 Å².